The van der Waals surface area contributed by atoms with Gasteiger partial charge in [0.25, 0.3) is 0 Å². The van der Waals surface area contributed by atoms with Gasteiger partial charge in [-0.1, -0.05) is 25.3 Å². The van der Waals surface area contributed by atoms with E-state index in [0.29, 0.717) is 31.0 Å². The number of rotatable bonds is 5. The van der Waals surface area contributed by atoms with Gasteiger partial charge in [0.2, 0.25) is 0 Å². The summed E-state index contributed by atoms with van der Waals surface area (Å²) in [6.07, 6.45) is 4.67. The molecule has 1 amide bonds. The van der Waals surface area contributed by atoms with E-state index in [4.69, 9.17) is 9.47 Å². The summed E-state index contributed by atoms with van der Waals surface area (Å²) in [7, 11) is 0. The highest BCUT2D eigenvalue weighted by atomic mass is 19.1. The van der Waals surface area contributed by atoms with E-state index in [0.717, 1.165) is 18.5 Å². The third-order valence-corrected chi connectivity index (χ3v) is 5.09. The minimum absolute atomic E-state index is 0.0632. The van der Waals surface area contributed by atoms with E-state index in [1.807, 2.05) is 31.7 Å². The second kappa shape index (κ2) is 7.86. The van der Waals surface area contributed by atoms with Crippen molar-refractivity contribution in [3.8, 4) is 5.75 Å². The maximum Gasteiger partial charge on any atom is 0.410 e. The van der Waals surface area contributed by atoms with Gasteiger partial charge in [-0.25, -0.2) is 9.18 Å². The van der Waals surface area contributed by atoms with Gasteiger partial charge in [-0.05, 0) is 39.7 Å². The molecule has 0 N–H and O–H groups in total. The van der Waals surface area contributed by atoms with E-state index in [-0.39, 0.29) is 24.0 Å². The first-order chi connectivity index (χ1) is 13.2. The Bertz CT molecular complexity index is 758. The molecule has 1 aromatic rings. The van der Waals surface area contributed by atoms with Crippen LogP contribution in [0.25, 0.3) is 6.08 Å². The summed E-state index contributed by atoms with van der Waals surface area (Å²) in [5.74, 6) is 0.0836. The second-order valence-electron chi connectivity index (χ2n) is 8.32. The van der Waals surface area contributed by atoms with Crippen LogP contribution < -0.4 is 9.64 Å². The molecule has 2 fully saturated rings. The summed E-state index contributed by atoms with van der Waals surface area (Å²) in [6, 6.07) is 3.48. The predicted molar refractivity (Wildman–Crippen MR) is 109 cm³/mol. The Kier molecular flexibility index (Phi) is 5.68. The second-order valence-corrected chi connectivity index (χ2v) is 8.32. The van der Waals surface area contributed by atoms with Gasteiger partial charge in [0, 0.05) is 24.8 Å². The van der Waals surface area contributed by atoms with Crippen molar-refractivity contribution in [3.05, 3.63) is 42.7 Å². The summed E-state index contributed by atoms with van der Waals surface area (Å²) < 4.78 is 25.8. The fourth-order valence-corrected chi connectivity index (χ4v) is 3.95. The molecule has 0 spiro atoms. The number of amides is 1. The first-order valence-corrected chi connectivity index (χ1v) is 9.69. The smallest absolute Gasteiger partial charge is 0.410 e. The molecule has 0 radical (unpaired) electrons. The number of fused-ring (bicyclic) bond motifs is 2. The standard InChI is InChI=1S/C22H29FN2O3/c1-6-10-27-20-12-17(11-19(23)18(20)7-2)24-13-15-8-9-16(14-24)25(15)21(26)28-22(3,4)5/h6-7,11-12,15-16H,1-2,8-10,13-14H2,3-5H3. The van der Waals surface area contributed by atoms with Crippen LogP contribution in [0.5, 0.6) is 5.75 Å². The topological polar surface area (TPSA) is 42.0 Å². The van der Waals surface area contributed by atoms with Crippen LogP contribution in [0.3, 0.4) is 0 Å². The lowest BCUT2D eigenvalue weighted by molar-refractivity contribution is 0.0123. The van der Waals surface area contributed by atoms with Gasteiger partial charge in [-0.15, -0.1) is 0 Å². The van der Waals surface area contributed by atoms with Gasteiger partial charge in [-0.3, -0.25) is 4.90 Å². The molecule has 2 aliphatic rings. The fourth-order valence-electron chi connectivity index (χ4n) is 3.95. The molecule has 1 aromatic carbocycles. The van der Waals surface area contributed by atoms with Crippen LogP contribution in [0.2, 0.25) is 0 Å². The van der Waals surface area contributed by atoms with Crippen molar-refractivity contribution in [2.24, 2.45) is 0 Å². The quantitative estimate of drug-likeness (QED) is 0.690. The third-order valence-electron chi connectivity index (χ3n) is 5.09. The number of halogens is 1. The third kappa shape index (κ3) is 4.16. The lowest BCUT2D eigenvalue weighted by Crippen LogP contribution is -2.56. The number of carbonyl (C=O) groups excluding carboxylic acids is 1. The zero-order valence-corrected chi connectivity index (χ0v) is 16.9. The summed E-state index contributed by atoms with van der Waals surface area (Å²) in [6.45, 7) is 14.5. The maximum absolute atomic E-state index is 14.6. The van der Waals surface area contributed by atoms with E-state index >= 15 is 0 Å². The van der Waals surface area contributed by atoms with Crippen LogP contribution in [-0.2, 0) is 4.74 Å². The van der Waals surface area contributed by atoms with Crippen molar-refractivity contribution >= 4 is 17.9 Å². The molecular formula is C22H29FN2O3. The van der Waals surface area contributed by atoms with Crippen molar-refractivity contribution in [1.29, 1.82) is 0 Å². The number of carbonyl (C=O) groups is 1. The normalized spacial score (nSPS) is 21.4. The Balaban J connectivity index is 1.80. The zero-order chi connectivity index (χ0) is 20.5. The van der Waals surface area contributed by atoms with Gasteiger partial charge in [0.05, 0.1) is 17.6 Å². The van der Waals surface area contributed by atoms with Gasteiger partial charge in [0.1, 0.15) is 23.8 Å². The minimum Gasteiger partial charge on any atom is -0.489 e. The van der Waals surface area contributed by atoms with Crippen molar-refractivity contribution in [2.45, 2.75) is 51.3 Å². The Morgan fingerprint density at radius 1 is 1.25 bits per heavy atom. The molecule has 0 saturated carbocycles. The van der Waals surface area contributed by atoms with Gasteiger partial charge in [-0.2, -0.15) is 0 Å². The lowest BCUT2D eigenvalue weighted by Gasteiger charge is -2.42. The summed E-state index contributed by atoms with van der Waals surface area (Å²) in [5.41, 5.74) is 0.582. The number of hydrogen-bond donors (Lipinski definition) is 0. The number of benzene rings is 1. The Morgan fingerprint density at radius 3 is 2.43 bits per heavy atom. The maximum atomic E-state index is 14.6. The Labute approximate surface area is 166 Å². The average molecular weight is 388 g/mol. The Morgan fingerprint density at radius 2 is 1.89 bits per heavy atom. The summed E-state index contributed by atoms with van der Waals surface area (Å²) in [5, 5.41) is 0. The molecule has 2 heterocycles. The molecule has 2 aliphatic heterocycles. The zero-order valence-electron chi connectivity index (χ0n) is 16.9. The molecule has 0 aromatic heterocycles. The molecule has 0 aliphatic carbocycles. The van der Waals surface area contributed by atoms with E-state index in [1.54, 1.807) is 6.08 Å². The van der Waals surface area contributed by atoms with Crippen LogP contribution in [0.15, 0.2) is 31.4 Å². The number of nitrogens with zero attached hydrogens (tertiary/aromatic N) is 2. The number of anilines is 1. The minimum atomic E-state index is -0.519. The number of piperazine rings is 1. The van der Waals surface area contributed by atoms with Crippen LogP contribution in [0.4, 0.5) is 14.9 Å². The molecule has 2 unspecified atom stereocenters. The van der Waals surface area contributed by atoms with Gasteiger partial charge >= 0.3 is 6.09 Å². The lowest BCUT2D eigenvalue weighted by atomic mass is 10.1. The molecule has 2 atom stereocenters. The summed E-state index contributed by atoms with van der Waals surface area (Å²) >= 11 is 0. The van der Waals surface area contributed by atoms with Gasteiger partial charge < -0.3 is 14.4 Å². The highest BCUT2D eigenvalue weighted by Gasteiger charge is 2.44. The number of ether oxygens (including phenoxy) is 2. The molecular weight excluding hydrogens is 359 g/mol. The Hall–Kier alpha value is -2.50. The van der Waals surface area contributed by atoms with E-state index in [1.165, 1.54) is 12.1 Å². The van der Waals surface area contributed by atoms with E-state index in [9.17, 15) is 9.18 Å². The van der Waals surface area contributed by atoms with Crippen molar-refractivity contribution in [1.82, 2.24) is 4.90 Å². The monoisotopic (exact) mass is 388 g/mol. The van der Waals surface area contributed by atoms with Crippen molar-refractivity contribution < 1.29 is 18.7 Å². The molecule has 3 rings (SSSR count). The van der Waals surface area contributed by atoms with Crippen LogP contribution in [-0.4, -0.2) is 48.4 Å². The molecule has 152 valence electrons. The largest absolute Gasteiger partial charge is 0.489 e. The van der Waals surface area contributed by atoms with Gasteiger partial charge in [0.15, 0.2) is 0 Å². The number of hydrogen-bond acceptors (Lipinski definition) is 4. The van der Waals surface area contributed by atoms with Crippen LogP contribution in [0, 0.1) is 5.82 Å². The van der Waals surface area contributed by atoms with Crippen LogP contribution >= 0.6 is 0 Å². The molecule has 2 saturated heterocycles. The average Bonchev–Trinajstić information content (AvgIpc) is 2.88. The van der Waals surface area contributed by atoms with Crippen LogP contribution in [0.1, 0.15) is 39.2 Å². The van der Waals surface area contributed by atoms with E-state index < -0.39 is 5.60 Å². The fraction of sp³-hybridized carbons (Fsp3) is 0.500. The first-order valence-electron chi connectivity index (χ1n) is 9.69. The first kappa shape index (κ1) is 20.2. The summed E-state index contributed by atoms with van der Waals surface area (Å²) in [4.78, 5) is 16.6. The van der Waals surface area contributed by atoms with Crippen molar-refractivity contribution in [2.75, 3.05) is 24.6 Å². The highest BCUT2D eigenvalue weighted by Crippen LogP contribution is 2.36. The van der Waals surface area contributed by atoms with E-state index in [2.05, 4.69) is 18.1 Å². The SMILES string of the molecule is C=CCOc1cc(N2CC3CCC(C2)N3C(=O)OC(C)(C)C)cc(F)c1C=C. The molecule has 2 bridgehead atoms. The van der Waals surface area contributed by atoms with Crippen molar-refractivity contribution in [3.63, 3.8) is 0 Å². The predicted octanol–water partition coefficient (Wildman–Crippen LogP) is 4.62. The molecule has 28 heavy (non-hydrogen) atoms. The molecule has 5 nitrogen and oxygen atoms in total. The highest BCUT2D eigenvalue weighted by molar-refractivity contribution is 5.71. The molecule has 6 heteroatoms.